The molecule has 0 aromatic heterocycles. The van der Waals surface area contributed by atoms with Gasteiger partial charge in [-0.3, -0.25) is 4.79 Å². The van der Waals surface area contributed by atoms with Gasteiger partial charge in [0.25, 0.3) is 5.91 Å². The minimum absolute atomic E-state index is 0.0757. The molecule has 0 fully saturated rings. The minimum atomic E-state index is -0.190. The molecular formula is C19H19ClN2O2. The number of rotatable bonds is 4. The van der Waals surface area contributed by atoms with Crippen LogP contribution >= 0.6 is 11.6 Å². The average Bonchev–Trinajstić information content (AvgIpc) is 3.11. The van der Waals surface area contributed by atoms with Crippen LogP contribution in [0.3, 0.4) is 0 Å². The highest BCUT2D eigenvalue weighted by Crippen LogP contribution is 2.29. The summed E-state index contributed by atoms with van der Waals surface area (Å²) in [6, 6.07) is 17.2. The van der Waals surface area contributed by atoms with Crippen molar-refractivity contribution in [1.82, 2.24) is 4.90 Å². The molecule has 0 aliphatic carbocycles. The third kappa shape index (κ3) is 3.44. The number of hydrogen-bond acceptors (Lipinski definition) is 3. The predicted molar refractivity (Wildman–Crippen MR) is 95.0 cm³/mol. The molecule has 1 amide bonds. The summed E-state index contributed by atoms with van der Waals surface area (Å²) in [5, 5.41) is 4.69. The lowest BCUT2D eigenvalue weighted by Crippen LogP contribution is -2.34. The number of halogens is 1. The summed E-state index contributed by atoms with van der Waals surface area (Å²) in [5.41, 5.74) is 2.50. The highest BCUT2D eigenvalue weighted by Gasteiger charge is 2.30. The number of benzene rings is 2. The van der Waals surface area contributed by atoms with E-state index in [4.69, 9.17) is 16.4 Å². The highest BCUT2D eigenvalue weighted by molar-refractivity contribution is 6.39. The molecule has 3 rings (SSSR count). The zero-order chi connectivity index (χ0) is 17.1. The molecule has 0 N–H and O–H groups in total. The molecule has 124 valence electrons. The maximum atomic E-state index is 12.7. The Morgan fingerprint density at radius 1 is 1.21 bits per heavy atom. The second-order valence-electron chi connectivity index (χ2n) is 5.89. The lowest BCUT2D eigenvalue weighted by Gasteiger charge is -2.25. The first-order valence-electron chi connectivity index (χ1n) is 7.86. The molecule has 0 unspecified atom stereocenters. The van der Waals surface area contributed by atoms with E-state index in [2.05, 4.69) is 5.16 Å². The number of amides is 1. The predicted octanol–water partition coefficient (Wildman–Crippen LogP) is 4.38. The summed E-state index contributed by atoms with van der Waals surface area (Å²) >= 11 is 5.92. The third-order valence-corrected chi connectivity index (χ3v) is 4.59. The van der Waals surface area contributed by atoms with Gasteiger partial charge >= 0.3 is 0 Å². The molecule has 24 heavy (non-hydrogen) atoms. The average molecular weight is 343 g/mol. The lowest BCUT2D eigenvalue weighted by molar-refractivity contribution is -0.124. The molecule has 0 radical (unpaired) electrons. The van der Waals surface area contributed by atoms with Crippen molar-refractivity contribution in [2.24, 2.45) is 5.16 Å². The summed E-state index contributed by atoms with van der Waals surface area (Å²) in [4.78, 5) is 19.8. The van der Waals surface area contributed by atoms with Gasteiger partial charge < -0.3 is 9.74 Å². The van der Waals surface area contributed by atoms with Crippen LogP contribution < -0.4 is 0 Å². The van der Waals surface area contributed by atoms with Crippen molar-refractivity contribution in [1.29, 1.82) is 0 Å². The first-order valence-corrected chi connectivity index (χ1v) is 8.24. The summed E-state index contributed by atoms with van der Waals surface area (Å²) in [6.45, 7) is 1.98. The van der Waals surface area contributed by atoms with Gasteiger partial charge in [0.05, 0.1) is 6.04 Å². The van der Waals surface area contributed by atoms with Gasteiger partial charge in [-0.25, -0.2) is 0 Å². The van der Waals surface area contributed by atoms with Gasteiger partial charge in [0.15, 0.2) is 6.10 Å². The van der Waals surface area contributed by atoms with Crippen molar-refractivity contribution in [3.63, 3.8) is 0 Å². The maximum absolute atomic E-state index is 12.7. The van der Waals surface area contributed by atoms with Crippen LogP contribution in [0, 0.1) is 0 Å². The standard InChI is InChI=1S/C19H19ClN2O2/c1-13(14-8-10-16(20)11-9-14)22(2)19(23)17-12-18(24-21-17)15-6-4-3-5-7-15/h3-11,13,18H,12H2,1-2H3/t13-,18+/m0/s1. The number of carbonyl (C=O) groups is 1. The summed E-state index contributed by atoms with van der Waals surface area (Å²) in [6.07, 6.45) is 0.296. The zero-order valence-corrected chi connectivity index (χ0v) is 14.4. The van der Waals surface area contributed by atoms with Gasteiger partial charge in [-0.2, -0.15) is 0 Å². The first kappa shape index (κ1) is 16.5. The molecule has 0 spiro atoms. The second kappa shape index (κ2) is 7.05. The van der Waals surface area contributed by atoms with E-state index in [0.29, 0.717) is 17.2 Å². The van der Waals surface area contributed by atoms with Crippen molar-refractivity contribution >= 4 is 23.2 Å². The van der Waals surface area contributed by atoms with Crippen LogP contribution in [0.1, 0.15) is 36.6 Å². The molecule has 2 aromatic carbocycles. The molecule has 0 saturated heterocycles. The van der Waals surface area contributed by atoms with Crippen LogP contribution in [0.25, 0.3) is 0 Å². The van der Waals surface area contributed by atoms with Crippen molar-refractivity contribution in [3.05, 3.63) is 70.7 Å². The summed E-state index contributed by atoms with van der Waals surface area (Å²) in [7, 11) is 1.78. The van der Waals surface area contributed by atoms with Crippen molar-refractivity contribution < 1.29 is 9.63 Å². The zero-order valence-electron chi connectivity index (χ0n) is 13.6. The molecule has 4 nitrogen and oxygen atoms in total. The van der Waals surface area contributed by atoms with Gasteiger partial charge in [0.1, 0.15) is 5.71 Å². The van der Waals surface area contributed by atoms with Crippen LogP contribution in [0.15, 0.2) is 59.8 Å². The fourth-order valence-corrected chi connectivity index (χ4v) is 2.82. The van der Waals surface area contributed by atoms with Crippen LogP contribution in [-0.2, 0) is 9.63 Å². The molecule has 5 heteroatoms. The largest absolute Gasteiger partial charge is 0.387 e. The topological polar surface area (TPSA) is 41.9 Å². The van der Waals surface area contributed by atoms with E-state index in [1.165, 1.54) is 0 Å². The van der Waals surface area contributed by atoms with Gasteiger partial charge in [-0.15, -0.1) is 0 Å². The van der Waals surface area contributed by atoms with Crippen molar-refractivity contribution in [3.8, 4) is 0 Å². The Morgan fingerprint density at radius 2 is 1.88 bits per heavy atom. The quantitative estimate of drug-likeness (QED) is 0.827. The van der Waals surface area contributed by atoms with Gasteiger partial charge in [0, 0.05) is 18.5 Å². The molecule has 1 heterocycles. The molecule has 2 atom stereocenters. The number of hydrogen-bond donors (Lipinski definition) is 0. The van der Waals surface area contributed by atoms with E-state index in [1.54, 1.807) is 11.9 Å². The van der Waals surface area contributed by atoms with E-state index in [9.17, 15) is 4.79 Å². The molecule has 0 saturated carbocycles. The molecular weight excluding hydrogens is 324 g/mol. The Hall–Kier alpha value is -2.33. The molecule has 2 aromatic rings. The molecule has 1 aliphatic heterocycles. The SMILES string of the molecule is C[C@@H](c1ccc(Cl)cc1)N(C)C(=O)C1=NO[C@@H](c2ccccc2)C1. The van der Waals surface area contributed by atoms with E-state index >= 15 is 0 Å². The normalized spacial score (nSPS) is 17.8. The summed E-state index contributed by atoms with van der Waals surface area (Å²) < 4.78 is 0. The van der Waals surface area contributed by atoms with Gasteiger partial charge in [-0.1, -0.05) is 59.2 Å². The third-order valence-electron chi connectivity index (χ3n) is 4.34. The van der Waals surface area contributed by atoms with Crippen LogP contribution in [0.2, 0.25) is 5.02 Å². The Kier molecular flexibility index (Phi) is 4.86. The second-order valence-corrected chi connectivity index (χ2v) is 6.33. The van der Waals surface area contributed by atoms with Crippen LogP contribution in [0.5, 0.6) is 0 Å². The summed E-state index contributed by atoms with van der Waals surface area (Å²) in [5.74, 6) is -0.115. The van der Waals surface area contributed by atoms with Crippen molar-refractivity contribution in [2.45, 2.75) is 25.5 Å². The first-order chi connectivity index (χ1) is 11.6. The van der Waals surface area contributed by atoms with Crippen molar-refractivity contribution in [2.75, 3.05) is 7.05 Å². The van der Waals surface area contributed by atoms with Crippen LogP contribution in [0.4, 0.5) is 0 Å². The van der Waals surface area contributed by atoms with Gasteiger partial charge in [0.2, 0.25) is 0 Å². The number of oxime groups is 1. The Morgan fingerprint density at radius 3 is 2.54 bits per heavy atom. The van der Waals surface area contributed by atoms with E-state index in [1.807, 2.05) is 61.5 Å². The molecule has 1 aliphatic rings. The van der Waals surface area contributed by atoms with E-state index < -0.39 is 0 Å². The fourth-order valence-electron chi connectivity index (χ4n) is 2.69. The Balaban J connectivity index is 1.67. The minimum Gasteiger partial charge on any atom is -0.387 e. The van der Waals surface area contributed by atoms with E-state index in [0.717, 1.165) is 11.1 Å². The smallest absolute Gasteiger partial charge is 0.272 e. The van der Waals surface area contributed by atoms with E-state index in [-0.39, 0.29) is 18.1 Å². The number of carbonyl (C=O) groups excluding carboxylic acids is 1. The molecule has 0 bridgehead atoms. The lowest BCUT2D eigenvalue weighted by atomic mass is 10.0. The Bertz CT molecular complexity index is 744. The highest BCUT2D eigenvalue weighted by atomic mass is 35.5. The maximum Gasteiger partial charge on any atom is 0.272 e. The van der Waals surface area contributed by atoms with Gasteiger partial charge in [-0.05, 0) is 30.2 Å². The monoisotopic (exact) mass is 342 g/mol. The van der Waals surface area contributed by atoms with Crippen LogP contribution in [-0.4, -0.2) is 23.6 Å². The Labute approximate surface area is 146 Å². The number of nitrogens with zero attached hydrogens (tertiary/aromatic N) is 2. The fraction of sp³-hybridized carbons (Fsp3) is 0.263.